The Morgan fingerprint density at radius 3 is 2.63 bits per heavy atom. The molecule has 0 N–H and O–H groups in total. The van der Waals surface area contributed by atoms with Crippen LogP contribution in [0, 0.1) is 0 Å². The molecule has 0 spiro atoms. The van der Waals surface area contributed by atoms with Crippen molar-refractivity contribution in [3.8, 4) is 0 Å². The van der Waals surface area contributed by atoms with E-state index in [0.717, 1.165) is 5.56 Å². The second kappa shape index (κ2) is 8.59. The van der Waals surface area contributed by atoms with Crippen LogP contribution in [-0.2, 0) is 16.1 Å². The van der Waals surface area contributed by atoms with Crippen LogP contribution in [-0.4, -0.2) is 22.1 Å². The standard InChI is InChI=1S/C20H19ClN2O3S/c1-3-23-18(24)15-12-14(21)10-11-16(15)22-20(23)27-17(19(25)26-4-2)13-8-6-5-7-9-13/h5-12,17H,3-4H2,1-2H3. The third-order valence-electron chi connectivity index (χ3n) is 4.02. The molecule has 3 aromatic rings. The minimum Gasteiger partial charge on any atom is -0.465 e. The van der Waals surface area contributed by atoms with E-state index in [1.165, 1.54) is 11.8 Å². The lowest BCUT2D eigenvalue weighted by atomic mass is 10.1. The Kier molecular flexibility index (Phi) is 6.19. The molecule has 0 saturated heterocycles. The van der Waals surface area contributed by atoms with Crippen molar-refractivity contribution in [1.29, 1.82) is 0 Å². The summed E-state index contributed by atoms with van der Waals surface area (Å²) in [4.78, 5) is 30.1. The molecule has 0 bridgehead atoms. The van der Waals surface area contributed by atoms with E-state index >= 15 is 0 Å². The maximum Gasteiger partial charge on any atom is 0.324 e. The number of carbonyl (C=O) groups is 1. The van der Waals surface area contributed by atoms with Gasteiger partial charge in [0.1, 0.15) is 5.25 Å². The summed E-state index contributed by atoms with van der Waals surface area (Å²) in [5.41, 5.74) is 1.17. The monoisotopic (exact) mass is 402 g/mol. The second-order valence-corrected chi connectivity index (χ2v) is 7.27. The number of ether oxygens (including phenoxy) is 1. The lowest BCUT2D eigenvalue weighted by Crippen LogP contribution is -2.23. The molecule has 1 aromatic heterocycles. The predicted molar refractivity (Wildman–Crippen MR) is 108 cm³/mol. The molecule has 0 radical (unpaired) electrons. The van der Waals surface area contributed by atoms with E-state index in [1.54, 1.807) is 29.7 Å². The van der Waals surface area contributed by atoms with Crippen molar-refractivity contribution in [2.45, 2.75) is 30.8 Å². The number of hydrogen-bond donors (Lipinski definition) is 0. The second-order valence-electron chi connectivity index (χ2n) is 5.77. The van der Waals surface area contributed by atoms with Crippen LogP contribution in [0.1, 0.15) is 24.7 Å². The summed E-state index contributed by atoms with van der Waals surface area (Å²) in [6.07, 6.45) is 0. The maximum atomic E-state index is 12.9. The van der Waals surface area contributed by atoms with Crippen LogP contribution in [0.4, 0.5) is 0 Å². The molecule has 0 aliphatic heterocycles. The van der Waals surface area contributed by atoms with Gasteiger partial charge in [-0.05, 0) is 37.6 Å². The summed E-state index contributed by atoms with van der Waals surface area (Å²) in [6.45, 7) is 4.35. The fourth-order valence-electron chi connectivity index (χ4n) is 2.74. The summed E-state index contributed by atoms with van der Waals surface area (Å²) in [7, 11) is 0. The van der Waals surface area contributed by atoms with Gasteiger partial charge in [-0.15, -0.1) is 0 Å². The van der Waals surface area contributed by atoms with Crippen LogP contribution in [0.15, 0.2) is 58.5 Å². The molecule has 1 atom stereocenters. The number of halogens is 1. The van der Waals surface area contributed by atoms with Crippen molar-refractivity contribution >= 4 is 40.2 Å². The number of nitrogens with zero attached hydrogens (tertiary/aromatic N) is 2. The summed E-state index contributed by atoms with van der Waals surface area (Å²) in [5.74, 6) is -0.359. The van der Waals surface area contributed by atoms with Gasteiger partial charge in [0.15, 0.2) is 5.16 Å². The van der Waals surface area contributed by atoms with Crippen molar-refractivity contribution in [3.63, 3.8) is 0 Å². The molecule has 0 amide bonds. The lowest BCUT2D eigenvalue weighted by Gasteiger charge is -2.18. The number of benzene rings is 2. The van der Waals surface area contributed by atoms with Gasteiger partial charge in [-0.25, -0.2) is 4.98 Å². The molecule has 5 nitrogen and oxygen atoms in total. The van der Waals surface area contributed by atoms with Gasteiger partial charge in [0.05, 0.1) is 17.5 Å². The van der Waals surface area contributed by atoms with E-state index in [1.807, 2.05) is 37.3 Å². The SMILES string of the molecule is CCOC(=O)C(Sc1nc2ccc(Cl)cc2c(=O)n1CC)c1ccccc1. The van der Waals surface area contributed by atoms with Gasteiger partial charge in [-0.3, -0.25) is 14.2 Å². The van der Waals surface area contributed by atoms with Gasteiger partial charge in [0, 0.05) is 11.6 Å². The summed E-state index contributed by atoms with van der Waals surface area (Å²) < 4.78 is 6.80. The molecular weight excluding hydrogens is 384 g/mol. The fraction of sp³-hybridized carbons (Fsp3) is 0.250. The van der Waals surface area contributed by atoms with Crippen LogP contribution in [0.5, 0.6) is 0 Å². The number of esters is 1. The van der Waals surface area contributed by atoms with Crippen LogP contribution in [0.25, 0.3) is 10.9 Å². The number of rotatable bonds is 6. The van der Waals surface area contributed by atoms with E-state index in [0.29, 0.717) is 27.6 Å². The van der Waals surface area contributed by atoms with Crippen molar-refractivity contribution in [3.05, 3.63) is 69.5 Å². The van der Waals surface area contributed by atoms with Crippen LogP contribution < -0.4 is 5.56 Å². The smallest absolute Gasteiger partial charge is 0.324 e. The number of hydrogen-bond acceptors (Lipinski definition) is 5. The fourth-order valence-corrected chi connectivity index (χ4v) is 4.08. The van der Waals surface area contributed by atoms with E-state index in [4.69, 9.17) is 16.3 Å². The quantitative estimate of drug-likeness (QED) is 0.346. The van der Waals surface area contributed by atoms with Crippen molar-refractivity contribution in [2.75, 3.05) is 6.61 Å². The topological polar surface area (TPSA) is 61.2 Å². The molecule has 0 fully saturated rings. The Morgan fingerprint density at radius 1 is 1.22 bits per heavy atom. The van der Waals surface area contributed by atoms with Crippen molar-refractivity contribution in [2.24, 2.45) is 0 Å². The zero-order chi connectivity index (χ0) is 19.4. The average Bonchev–Trinajstić information content (AvgIpc) is 2.67. The summed E-state index contributed by atoms with van der Waals surface area (Å²) in [6, 6.07) is 14.4. The van der Waals surface area contributed by atoms with Gasteiger partial charge in [-0.1, -0.05) is 53.7 Å². The Morgan fingerprint density at radius 2 is 1.96 bits per heavy atom. The van der Waals surface area contributed by atoms with Gasteiger partial charge < -0.3 is 4.74 Å². The van der Waals surface area contributed by atoms with E-state index < -0.39 is 5.25 Å². The highest BCUT2D eigenvalue weighted by Gasteiger charge is 2.26. The first kappa shape index (κ1) is 19.5. The highest BCUT2D eigenvalue weighted by molar-refractivity contribution is 8.00. The molecular formula is C20H19ClN2O3S. The number of carbonyl (C=O) groups excluding carboxylic acids is 1. The molecule has 7 heteroatoms. The predicted octanol–water partition coefficient (Wildman–Crippen LogP) is 4.47. The minimum atomic E-state index is -0.611. The molecule has 1 heterocycles. The first-order chi connectivity index (χ1) is 13.0. The number of aromatic nitrogens is 2. The Hall–Kier alpha value is -2.31. The lowest BCUT2D eigenvalue weighted by molar-refractivity contribution is -0.142. The van der Waals surface area contributed by atoms with Gasteiger partial charge in [0.25, 0.3) is 5.56 Å². The molecule has 0 saturated carbocycles. The van der Waals surface area contributed by atoms with Crippen LogP contribution in [0.3, 0.4) is 0 Å². The highest BCUT2D eigenvalue weighted by atomic mass is 35.5. The zero-order valence-electron chi connectivity index (χ0n) is 15.0. The number of fused-ring (bicyclic) bond motifs is 1. The van der Waals surface area contributed by atoms with Crippen LogP contribution >= 0.6 is 23.4 Å². The number of thioether (sulfide) groups is 1. The first-order valence-electron chi connectivity index (χ1n) is 8.63. The third kappa shape index (κ3) is 4.17. The van der Waals surface area contributed by atoms with Gasteiger partial charge >= 0.3 is 5.97 Å². The van der Waals surface area contributed by atoms with Gasteiger partial charge in [-0.2, -0.15) is 0 Å². The highest BCUT2D eigenvalue weighted by Crippen LogP contribution is 2.35. The zero-order valence-corrected chi connectivity index (χ0v) is 16.6. The Labute approximate surface area is 166 Å². The molecule has 0 aliphatic rings. The van der Waals surface area contributed by atoms with E-state index in [9.17, 15) is 9.59 Å². The largest absolute Gasteiger partial charge is 0.465 e. The third-order valence-corrected chi connectivity index (χ3v) is 5.48. The summed E-state index contributed by atoms with van der Waals surface area (Å²) in [5, 5.41) is 0.805. The Bertz CT molecular complexity index is 1020. The molecule has 3 rings (SSSR count). The van der Waals surface area contributed by atoms with Crippen molar-refractivity contribution < 1.29 is 9.53 Å². The molecule has 0 aliphatic carbocycles. The Balaban J connectivity index is 2.10. The van der Waals surface area contributed by atoms with E-state index in [2.05, 4.69) is 4.98 Å². The van der Waals surface area contributed by atoms with Crippen LogP contribution in [0.2, 0.25) is 5.02 Å². The normalized spacial score (nSPS) is 12.1. The molecule has 27 heavy (non-hydrogen) atoms. The van der Waals surface area contributed by atoms with Crippen molar-refractivity contribution in [1.82, 2.24) is 9.55 Å². The summed E-state index contributed by atoms with van der Waals surface area (Å²) >= 11 is 7.24. The maximum absolute atomic E-state index is 12.9. The average molecular weight is 403 g/mol. The van der Waals surface area contributed by atoms with Gasteiger partial charge in [0.2, 0.25) is 0 Å². The molecule has 2 aromatic carbocycles. The molecule has 140 valence electrons. The minimum absolute atomic E-state index is 0.178. The first-order valence-corrected chi connectivity index (χ1v) is 9.89. The molecule has 1 unspecified atom stereocenters. The van der Waals surface area contributed by atoms with E-state index in [-0.39, 0.29) is 18.1 Å².